The number of carboxylic acid groups (broad SMARTS) is 1. The topological polar surface area (TPSA) is 87.2 Å². The normalized spacial score (nSPS) is 20.9. The van der Waals surface area contributed by atoms with E-state index in [2.05, 4.69) is 0 Å². The largest absolute Gasteiger partial charge is 0.479 e. The highest BCUT2D eigenvalue weighted by atomic mass is 16.5. The Balaban J connectivity index is 2.21. The minimum absolute atomic E-state index is 0.00956. The van der Waals surface area contributed by atoms with Crippen LogP contribution in [0, 0.1) is 0 Å². The molecule has 1 aromatic rings. The van der Waals surface area contributed by atoms with Gasteiger partial charge in [0.05, 0.1) is 12.6 Å². The predicted octanol–water partition coefficient (Wildman–Crippen LogP) is 0.702. The maximum absolute atomic E-state index is 12.6. The Morgan fingerprint density at radius 3 is 2.48 bits per heavy atom. The molecule has 1 aliphatic heterocycles. The summed E-state index contributed by atoms with van der Waals surface area (Å²) in [6.07, 6.45) is -1.39. The Morgan fingerprint density at radius 1 is 1.22 bits per heavy atom. The van der Waals surface area contributed by atoms with Crippen molar-refractivity contribution in [2.24, 2.45) is 0 Å². The number of nitrogens with zero attached hydrogens (tertiary/aromatic N) is 2. The lowest BCUT2D eigenvalue weighted by atomic mass is 10.1. The van der Waals surface area contributed by atoms with E-state index in [0.29, 0.717) is 17.7 Å². The second-order valence-electron chi connectivity index (χ2n) is 5.76. The molecule has 0 aliphatic carbocycles. The minimum atomic E-state index is -1.09. The lowest BCUT2D eigenvalue weighted by molar-refractivity contribution is -0.160. The van der Waals surface area contributed by atoms with E-state index in [9.17, 15) is 14.4 Å². The van der Waals surface area contributed by atoms with Gasteiger partial charge in [0.15, 0.2) is 6.10 Å². The van der Waals surface area contributed by atoms with Crippen molar-refractivity contribution in [2.45, 2.75) is 19.1 Å². The van der Waals surface area contributed by atoms with Crippen molar-refractivity contribution < 1.29 is 24.2 Å². The molecule has 1 aromatic carbocycles. The van der Waals surface area contributed by atoms with Crippen molar-refractivity contribution in [3.63, 3.8) is 0 Å². The molecule has 0 radical (unpaired) electrons. The molecule has 23 heavy (non-hydrogen) atoms. The molecule has 1 unspecified atom stereocenters. The molecule has 2 rings (SSSR count). The number of amides is 2. The average Bonchev–Trinajstić information content (AvgIpc) is 2.52. The first-order valence-corrected chi connectivity index (χ1v) is 7.29. The van der Waals surface area contributed by atoms with Gasteiger partial charge >= 0.3 is 5.97 Å². The van der Waals surface area contributed by atoms with Crippen LogP contribution in [0.2, 0.25) is 0 Å². The van der Waals surface area contributed by atoms with Crippen molar-refractivity contribution in [1.29, 1.82) is 0 Å². The maximum atomic E-state index is 12.6. The highest BCUT2D eigenvalue weighted by Crippen LogP contribution is 2.16. The van der Waals surface area contributed by atoms with Crippen molar-refractivity contribution in [3.05, 3.63) is 35.4 Å². The summed E-state index contributed by atoms with van der Waals surface area (Å²) < 4.78 is 5.30. The molecule has 2 amide bonds. The molecule has 1 N–H and O–H groups in total. The zero-order chi connectivity index (χ0) is 17.1. The van der Waals surface area contributed by atoms with Gasteiger partial charge < -0.3 is 19.6 Å². The van der Waals surface area contributed by atoms with Crippen LogP contribution in [-0.2, 0) is 9.53 Å². The zero-order valence-electron chi connectivity index (χ0n) is 13.4. The third kappa shape index (κ3) is 3.87. The third-order valence-electron chi connectivity index (χ3n) is 3.59. The number of carbonyl (C=O) groups is 3. The quantitative estimate of drug-likeness (QED) is 0.886. The van der Waals surface area contributed by atoms with Gasteiger partial charge in [0.1, 0.15) is 0 Å². The predicted molar refractivity (Wildman–Crippen MR) is 82.3 cm³/mol. The SMILES string of the molecule is C[C@@H]1CN(C(=O)c2cccc(C(=O)N(C)C)c2)CC(C(=O)O)O1. The minimum Gasteiger partial charge on any atom is -0.479 e. The summed E-state index contributed by atoms with van der Waals surface area (Å²) in [7, 11) is 3.27. The molecular formula is C16H20N2O5. The van der Waals surface area contributed by atoms with Crippen LogP contribution in [0.25, 0.3) is 0 Å². The summed E-state index contributed by atoms with van der Waals surface area (Å²) in [5.74, 6) is -1.59. The number of benzene rings is 1. The molecule has 1 fully saturated rings. The fourth-order valence-corrected chi connectivity index (χ4v) is 2.48. The fraction of sp³-hybridized carbons (Fsp3) is 0.438. The molecule has 7 heteroatoms. The Kier molecular flexibility index (Phi) is 5.00. The van der Waals surface area contributed by atoms with Gasteiger partial charge in [-0.1, -0.05) is 6.07 Å². The van der Waals surface area contributed by atoms with Crippen LogP contribution in [0.5, 0.6) is 0 Å². The summed E-state index contributed by atoms with van der Waals surface area (Å²) in [6, 6.07) is 6.43. The van der Waals surface area contributed by atoms with Gasteiger partial charge in [-0.2, -0.15) is 0 Å². The molecule has 1 aliphatic rings. The monoisotopic (exact) mass is 320 g/mol. The van der Waals surface area contributed by atoms with Crippen LogP contribution in [0.1, 0.15) is 27.6 Å². The number of rotatable bonds is 3. The summed E-state index contributed by atoms with van der Waals surface area (Å²) in [5, 5.41) is 9.09. The van der Waals surface area contributed by atoms with E-state index in [1.165, 1.54) is 15.9 Å². The molecule has 7 nitrogen and oxygen atoms in total. The van der Waals surface area contributed by atoms with E-state index in [-0.39, 0.29) is 24.5 Å². The first kappa shape index (κ1) is 17.0. The molecule has 1 saturated heterocycles. The first-order chi connectivity index (χ1) is 10.8. The van der Waals surface area contributed by atoms with Crippen molar-refractivity contribution in [2.75, 3.05) is 27.2 Å². The van der Waals surface area contributed by atoms with E-state index in [1.54, 1.807) is 39.2 Å². The lowest BCUT2D eigenvalue weighted by Crippen LogP contribution is -2.51. The van der Waals surface area contributed by atoms with Crippen LogP contribution in [0.3, 0.4) is 0 Å². The highest BCUT2D eigenvalue weighted by Gasteiger charge is 2.33. The number of hydrogen-bond acceptors (Lipinski definition) is 4. The van der Waals surface area contributed by atoms with Crippen LogP contribution >= 0.6 is 0 Å². The Hall–Kier alpha value is -2.41. The average molecular weight is 320 g/mol. The summed E-state index contributed by atoms with van der Waals surface area (Å²) >= 11 is 0. The van der Waals surface area contributed by atoms with E-state index in [4.69, 9.17) is 9.84 Å². The molecular weight excluding hydrogens is 300 g/mol. The first-order valence-electron chi connectivity index (χ1n) is 7.29. The van der Waals surface area contributed by atoms with E-state index < -0.39 is 12.1 Å². The van der Waals surface area contributed by atoms with Crippen molar-refractivity contribution in [1.82, 2.24) is 9.80 Å². The van der Waals surface area contributed by atoms with Crippen LogP contribution in [0.4, 0.5) is 0 Å². The zero-order valence-corrected chi connectivity index (χ0v) is 13.4. The second kappa shape index (κ2) is 6.78. The van der Waals surface area contributed by atoms with E-state index >= 15 is 0 Å². The number of ether oxygens (including phenoxy) is 1. The van der Waals surface area contributed by atoms with Gasteiger partial charge in [-0.3, -0.25) is 9.59 Å². The molecule has 0 aromatic heterocycles. The molecule has 0 spiro atoms. The van der Waals surface area contributed by atoms with Gasteiger partial charge in [0.2, 0.25) is 0 Å². The van der Waals surface area contributed by atoms with Crippen LogP contribution in [0.15, 0.2) is 24.3 Å². The Bertz CT molecular complexity index is 629. The van der Waals surface area contributed by atoms with Crippen molar-refractivity contribution in [3.8, 4) is 0 Å². The highest BCUT2D eigenvalue weighted by molar-refractivity contribution is 5.99. The molecule has 0 saturated carbocycles. The standard InChI is InChI=1S/C16H20N2O5/c1-10-8-18(9-13(23-10)16(21)22)15(20)12-6-4-5-11(7-12)14(19)17(2)3/h4-7,10,13H,8-9H2,1-3H3,(H,21,22)/t10-,13?/m1/s1. The molecule has 1 heterocycles. The third-order valence-corrected chi connectivity index (χ3v) is 3.59. The molecule has 2 atom stereocenters. The number of hydrogen-bond donors (Lipinski definition) is 1. The Morgan fingerprint density at radius 2 is 1.87 bits per heavy atom. The second-order valence-corrected chi connectivity index (χ2v) is 5.76. The fourth-order valence-electron chi connectivity index (χ4n) is 2.48. The van der Waals surface area contributed by atoms with Gasteiger partial charge in [-0.05, 0) is 25.1 Å². The Labute approximate surface area is 134 Å². The van der Waals surface area contributed by atoms with Gasteiger partial charge in [0.25, 0.3) is 11.8 Å². The van der Waals surface area contributed by atoms with Crippen molar-refractivity contribution >= 4 is 17.8 Å². The number of carboxylic acids is 1. The molecule has 0 bridgehead atoms. The summed E-state index contributed by atoms with van der Waals surface area (Å²) in [4.78, 5) is 38.6. The number of morpholine rings is 1. The lowest BCUT2D eigenvalue weighted by Gasteiger charge is -2.35. The van der Waals surface area contributed by atoms with Crippen LogP contribution < -0.4 is 0 Å². The van der Waals surface area contributed by atoms with E-state index in [1.807, 2.05) is 0 Å². The summed E-state index contributed by atoms with van der Waals surface area (Å²) in [5.41, 5.74) is 0.771. The van der Waals surface area contributed by atoms with Gasteiger partial charge in [0, 0.05) is 31.8 Å². The molecule has 124 valence electrons. The van der Waals surface area contributed by atoms with Crippen LogP contribution in [-0.4, -0.2) is 72.1 Å². The van der Waals surface area contributed by atoms with Gasteiger partial charge in [-0.15, -0.1) is 0 Å². The smallest absolute Gasteiger partial charge is 0.334 e. The maximum Gasteiger partial charge on any atom is 0.334 e. The summed E-state index contributed by atoms with van der Waals surface area (Å²) in [6.45, 7) is 2.03. The van der Waals surface area contributed by atoms with E-state index in [0.717, 1.165) is 0 Å². The van der Waals surface area contributed by atoms with Gasteiger partial charge in [-0.25, -0.2) is 4.79 Å². The number of carbonyl (C=O) groups excluding carboxylic acids is 2. The number of aliphatic carboxylic acids is 1.